The molecule has 1 aliphatic carbocycles. The normalized spacial score (nSPS) is 15.7. The van der Waals surface area contributed by atoms with Crippen molar-refractivity contribution in [2.75, 3.05) is 32.9 Å². The Bertz CT molecular complexity index is 2330. The van der Waals surface area contributed by atoms with Gasteiger partial charge in [0.1, 0.15) is 24.5 Å². The Kier molecular flexibility index (Phi) is 11.9. The molecule has 2 atom stereocenters. The van der Waals surface area contributed by atoms with Crippen LogP contribution in [0.3, 0.4) is 0 Å². The third kappa shape index (κ3) is 8.45. The molecule has 3 aromatic carbocycles. The number of aliphatic carboxylic acids is 1. The number of hydrogen-bond donors (Lipinski definition) is 3. The van der Waals surface area contributed by atoms with Gasteiger partial charge in [0.15, 0.2) is 0 Å². The maximum atomic E-state index is 11.6. The summed E-state index contributed by atoms with van der Waals surface area (Å²) < 4.78 is 13.7. The predicted molar refractivity (Wildman–Crippen MR) is 212 cm³/mol. The molecule has 1 fully saturated rings. The van der Waals surface area contributed by atoms with Crippen LogP contribution in [0.1, 0.15) is 41.2 Å². The van der Waals surface area contributed by atoms with Gasteiger partial charge in [-0.25, -0.2) is 0 Å². The molecule has 1 saturated heterocycles. The van der Waals surface area contributed by atoms with Crippen LogP contribution in [-0.2, 0) is 29.2 Å². The van der Waals surface area contributed by atoms with Crippen LogP contribution >= 0.6 is 23.2 Å². The SMILES string of the molecule is C[C@@H](C1=CC=C(c2cccc(-c3cccc4c3cnn4Cc3cc(OCc4cncc(C#N)c4)c(CN[C@@H](CO)C(=O)O)cc3Cl)c2Cl)C1)N1CCOCC1. The number of nitriles is 1. The molecule has 7 rings (SSSR count). The monoisotopic (exact) mass is 778 g/mol. The van der Waals surface area contributed by atoms with E-state index >= 15 is 0 Å². The number of fused-ring (bicyclic) bond motifs is 1. The number of allylic oxidation sites excluding steroid dienone is 3. The van der Waals surface area contributed by atoms with E-state index in [9.17, 15) is 20.3 Å². The van der Waals surface area contributed by atoms with Crippen molar-refractivity contribution < 1.29 is 24.5 Å². The number of nitrogens with one attached hydrogen (secondary N) is 1. The van der Waals surface area contributed by atoms with Gasteiger partial charge in [0.05, 0.1) is 48.7 Å². The summed E-state index contributed by atoms with van der Waals surface area (Å²) >= 11 is 14.1. The number of ether oxygens (including phenoxy) is 2. The van der Waals surface area contributed by atoms with Crippen LogP contribution in [0.15, 0.2) is 90.9 Å². The Morgan fingerprint density at radius 2 is 1.82 bits per heavy atom. The third-order valence-electron chi connectivity index (χ3n) is 10.2. The van der Waals surface area contributed by atoms with Gasteiger partial charge in [-0.15, -0.1) is 0 Å². The lowest BCUT2D eigenvalue weighted by atomic mass is 9.94. The lowest BCUT2D eigenvalue weighted by Crippen LogP contribution is -2.42. The van der Waals surface area contributed by atoms with Crippen molar-refractivity contribution in [1.82, 2.24) is 25.0 Å². The summed E-state index contributed by atoms with van der Waals surface area (Å²) in [6.07, 6.45) is 10.2. The molecule has 0 radical (unpaired) electrons. The van der Waals surface area contributed by atoms with E-state index in [-0.39, 0.29) is 13.2 Å². The van der Waals surface area contributed by atoms with Gasteiger partial charge in [0.25, 0.3) is 0 Å². The topological polar surface area (TPSA) is 146 Å². The fraction of sp³-hybridized carbons (Fsp3) is 0.286. The second-order valence-corrected chi connectivity index (χ2v) is 14.4. The van der Waals surface area contributed by atoms with Crippen molar-refractivity contribution in [3.63, 3.8) is 0 Å². The second-order valence-electron chi connectivity index (χ2n) is 13.6. The number of aliphatic hydroxyl groups is 1. The number of rotatable bonds is 14. The zero-order valence-electron chi connectivity index (χ0n) is 30.2. The Morgan fingerprint density at radius 3 is 2.60 bits per heavy atom. The first-order valence-electron chi connectivity index (χ1n) is 18.0. The molecule has 282 valence electrons. The molecule has 55 heavy (non-hydrogen) atoms. The number of halogens is 2. The molecule has 0 bridgehead atoms. The summed E-state index contributed by atoms with van der Waals surface area (Å²) in [6.45, 7) is 5.56. The first kappa shape index (κ1) is 38.2. The van der Waals surface area contributed by atoms with E-state index in [1.54, 1.807) is 18.3 Å². The summed E-state index contributed by atoms with van der Waals surface area (Å²) in [4.78, 5) is 18.2. The second kappa shape index (κ2) is 17.2. The van der Waals surface area contributed by atoms with Gasteiger partial charge >= 0.3 is 5.97 Å². The molecule has 3 heterocycles. The molecule has 0 unspecified atom stereocenters. The highest BCUT2D eigenvalue weighted by atomic mass is 35.5. The number of nitrogens with zero attached hydrogens (tertiary/aromatic N) is 5. The number of benzene rings is 3. The van der Waals surface area contributed by atoms with E-state index in [0.29, 0.717) is 45.1 Å². The summed E-state index contributed by atoms with van der Waals surface area (Å²) in [5, 5.41) is 38.0. The first-order chi connectivity index (χ1) is 26.7. The molecule has 3 N–H and O–H groups in total. The fourth-order valence-electron chi connectivity index (χ4n) is 7.11. The van der Waals surface area contributed by atoms with Crippen LogP contribution in [0.2, 0.25) is 10.0 Å². The van der Waals surface area contributed by atoms with Crippen molar-refractivity contribution in [2.24, 2.45) is 0 Å². The maximum Gasteiger partial charge on any atom is 0.323 e. The van der Waals surface area contributed by atoms with E-state index in [1.165, 1.54) is 17.3 Å². The summed E-state index contributed by atoms with van der Waals surface area (Å²) in [5.74, 6) is -0.726. The van der Waals surface area contributed by atoms with Crippen molar-refractivity contribution in [3.05, 3.63) is 129 Å². The van der Waals surface area contributed by atoms with Gasteiger partial charge in [-0.1, -0.05) is 65.7 Å². The lowest BCUT2D eigenvalue weighted by Gasteiger charge is -2.33. The zero-order chi connectivity index (χ0) is 38.5. The number of carbonyl (C=O) groups is 1. The van der Waals surface area contributed by atoms with Gasteiger partial charge in [-0.2, -0.15) is 10.4 Å². The fourth-order valence-corrected chi connectivity index (χ4v) is 7.71. The van der Waals surface area contributed by atoms with Crippen LogP contribution in [0.4, 0.5) is 0 Å². The number of carboxylic acid groups (broad SMARTS) is 1. The van der Waals surface area contributed by atoms with Gasteiger partial charge in [0.2, 0.25) is 0 Å². The number of morpholine rings is 1. The smallest absolute Gasteiger partial charge is 0.323 e. The molecule has 13 heteroatoms. The van der Waals surface area contributed by atoms with E-state index in [1.807, 2.05) is 41.2 Å². The maximum absolute atomic E-state index is 11.6. The third-order valence-corrected chi connectivity index (χ3v) is 11.0. The van der Waals surface area contributed by atoms with Crippen LogP contribution < -0.4 is 10.1 Å². The Labute approximate surface area is 329 Å². The molecule has 0 spiro atoms. The minimum Gasteiger partial charge on any atom is -0.489 e. The summed E-state index contributed by atoms with van der Waals surface area (Å²) in [7, 11) is 0. The van der Waals surface area contributed by atoms with Crippen LogP contribution in [0.25, 0.3) is 27.6 Å². The molecule has 2 aliphatic rings. The predicted octanol–water partition coefficient (Wildman–Crippen LogP) is 6.87. The molecular formula is C42H40Cl2N6O5. The summed E-state index contributed by atoms with van der Waals surface area (Å²) in [6, 6.07) is 18.7. The lowest BCUT2D eigenvalue weighted by molar-refractivity contribution is -0.140. The molecule has 1 aliphatic heterocycles. The number of hydrogen-bond acceptors (Lipinski definition) is 9. The number of aromatic nitrogens is 3. The zero-order valence-corrected chi connectivity index (χ0v) is 31.7. The van der Waals surface area contributed by atoms with Crippen molar-refractivity contribution in [3.8, 4) is 22.9 Å². The Morgan fingerprint density at radius 1 is 1.04 bits per heavy atom. The molecule has 0 saturated carbocycles. The molecule has 0 amide bonds. The minimum absolute atomic E-state index is 0.0679. The molecule has 2 aromatic heterocycles. The summed E-state index contributed by atoms with van der Waals surface area (Å²) in [5.41, 5.74) is 8.76. The van der Waals surface area contributed by atoms with E-state index in [2.05, 4.69) is 52.5 Å². The molecular weight excluding hydrogens is 739 g/mol. The Hall–Kier alpha value is -5.06. The highest BCUT2D eigenvalue weighted by Crippen LogP contribution is 2.41. The van der Waals surface area contributed by atoms with Crippen LogP contribution in [0.5, 0.6) is 5.75 Å². The Balaban J connectivity index is 1.14. The average molecular weight is 780 g/mol. The van der Waals surface area contributed by atoms with Gasteiger partial charge in [-0.05, 0) is 65.4 Å². The highest BCUT2D eigenvalue weighted by Gasteiger charge is 2.25. The van der Waals surface area contributed by atoms with Gasteiger partial charge in [-0.3, -0.25) is 24.7 Å². The molecule has 5 aromatic rings. The van der Waals surface area contributed by atoms with Gasteiger partial charge < -0.3 is 19.7 Å². The number of pyridine rings is 1. The van der Waals surface area contributed by atoms with Crippen LogP contribution in [0, 0.1) is 11.3 Å². The minimum atomic E-state index is -1.18. The van der Waals surface area contributed by atoms with E-state index < -0.39 is 18.6 Å². The number of carboxylic acids is 1. The van der Waals surface area contributed by atoms with E-state index in [0.717, 1.165) is 65.9 Å². The van der Waals surface area contributed by atoms with Crippen LogP contribution in [-0.4, -0.2) is 80.8 Å². The van der Waals surface area contributed by atoms with Crippen molar-refractivity contribution in [1.29, 1.82) is 5.26 Å². The van der Waals surface area contributed by atoms with Crippen molar-refractivity contribution >= 4 is 45.6 Å². The standard InChI is InChI=1S/C42H40Cl2N6O5/c1-26(49-10-12-54-13-11-49)29-8-9-30(15-29)33-4-2-6-35(41(33)44)34-5-3-7-39-36(34)22-48-50(39)23-32-17-40(55-25-28-14-27(18-45)19-46-20-28)31(16-37(32)43)21-47-38(24-51)42(52)53/h2-9,14,16-17,19-20,22,26,38,47,51H,10-13,15,21,23-25H2,1H3,(H,52,53)/t26-,38-/m0/s1. The largest absolute Gasteiger partial charge is 0.489 e. The highest BCUT2D eigenvalue weighted by molar-refractivity contribution is 6.35. The first-order valence-corrected chi connectivity index (χ1v) is 18.8. The van der Waals surface area contributed by atoms with Gasteiger partial charge in [0, 0.05) is 65.2 Å². The van der Waals surface area contributed by atoms with E-state index in [4.69, 9.17) is 37.8 Å². The number of aliphatic hydroxyl groups excluding tert-OH is 1. The molecule has 11 nitrogen and oxygen atoms in total. The quantitative estimate of drug-likeness (QED) is 0.109. The average Bonchev–Trinajstić information content (AvgIpc) is 3.87. The van der Waals surface area contributed by atoms with Crippen molar-refractivity contribution in [2.45, 2.75) is 45.1 Å².